The highest BCUT2D eigenvalue weighted by Gasteiger charge is 2.32. The fourth-order valence-electron chi connectivity index (χ4n) is 3.57. The molecule has 9 heteroatoms. The Kier molecular flexibility index (Phi) is 5.08. The van der Waals surface area contributed by atoms with Crippen LogP contribution in [-0.4, -0.2) is 56.1 Å². The van der Waals surface area contributed by atoms with Gasteiger partial charge in [0.15, 0.2) is 5.65 Å². The van der Waals surface area contributed by atoms with E-state index < -0.39 is 0 Å². The van der Waals surface area contributed by atoms with Crippen molar-refractivity contribution in [2.45, 2.75) is 32.7 Å². The minimum atomic E-state index is -0.0727. The van der Waals surface area contributed by atoms with Crippen molar-refractivity contribution in [3.63, 3.8) is 0 Å². The molecule has 1 saturated heterocycles. The van der Waals surface area contributed by atoms with Crippen molar-refractivity contribution < 1.29 is 9.59 Å². The van der Waals surface area contributed by atoms with Crippen LogP contribution in [0.15, 0.2) is 24.5 Å². The Hall–Kier alpha value is -2.81. The number of amides is 2. The minimum absolute atomic E-state index is 0.0727. The smallest absolute Gasteiger partial charge is 0.263 e. The van der Waals surface area contributed by atoms with Gasteiger partial charge in [0.25, 0.3) is 5.91 Å². The summed E-state index contributed by atoms with van der Waals surface area (Å²) in [6, 6.07) is 3.87. The van der Waals surface area contributed by atoms with Crippen molar-refractivity contribution in [2.24, 2.45) is 0 Å². The van der Waals surface area contributed by atoms with E-state index in [0.29, 0.717) is 31.8 Å². The summed E-state index contributed by atoms with van der Waals surface area (Å²) in [7, 11) is 0. The molecule has 4 rings (SSSR count). The van der Waals surface area contributed by atoms with Crippen LogP contribution in [0.3, 0.4) is 0 Å². The van der Waals surface area contributed by atoms with Crippen molar-refractivity contribution in [1.29, 1.82) is 0 Å². The standard InChI is InChI=1S/C19H22N6O2S/c1-12-3-4-15(28-12)19(27)24-9-5-14(11-24)16-17-18(22-7-6-21-17)25(23-16)10-8-20-13(2)26/h3-4,6-7,14H,5,8-11H2,1-2H3,(H,20,26). The van der Waals surface area contributed by atoms with Crippen molar-refractivity contribution in [1.82, 2.24) is 30.0 Å². The molecule has 0 bridgehead atoms. The molecule has 1 fully saturated rings. The molecule has 3 aromatic heterocycles. The molecular weight excluding hydrogens is 376 g/mol. The van der Waals surface area contributed by atoms with Crippen LogP contribution in [0.25, 0.3) is 11.2 Å². The van der Waals surface area contributed by atoms with Crippen molar-refractivity contribution in [3.05, 3.63) is 40.0 Å². The molecule has 3 aromatic rings. The first-order chi connectivity index (χ1) is 13.5. The molecule has 1 aliphatic heterocycles. The summed E-state index contributed by atoms with van der Waals surface area (Å²) in [4.78, 5) is 36.6. The molecule has 1 N–H and O–H groups in total. The lowest BCUT2D eigenvalue weighted by Gasteiger charge is -2.15. The van der Waals surface area contributed by atoms with E-state index >= 15 is 0 Å². The van der Waals surface area contributed by atoms with Gasteiger partial charge in [0.1, 0.15) is 5.52 Å². The Morgan fingerprint density at radius 3 is 2.86 bits per heavy atom. The average molecular weight is 398 g/mol. The van der Waals surface area contributed by atoms with Gasteiger partial charge >= 0.3 is 0 Å². The third-order valence-electron chi connectivity index (χ3n) is 4.91. The Balaban J connectivity index is 1.54. The van der Waals surface area contributed by atoms with Crippen LogP contribution in [0.5, 0.6) is 0 Å². The van der Waals surface area contributed by atoms with Crippen LogP contribution >= 0.6 is 11.3 Å². The van der Waals surface area contributed by atoms with Crippen LogP contribution in [0.4, 0.5) is 0 Å². The van der Waals surface area contributed by atoms with E-state index in [2.05, 4.69) is 15.3 Å². The number of carbonyl (C=O) groups is 2. The third-order valence-corrected chi connectivity index (χ3v) is 5.89. The number of fused-ring (bicyclic) bond motifs is 1. The first kappa shape index (κ1) is 18.5. The van der Waals surface area contributed by atoms with Gasteiger partial charge in [-0.05, 0) is 25.5 Å². The zero-order valence-electron chi connectivity index (χ0n) is 15.9. The van der Waals surface area contributed by atoms with Crippen LogP contribution in [0.2, 0.25) is 0 Å². The normalized spacial score (nSPS) is 16.6. The van der Waals surface area contributed by atoms with Gasteiger partial charge < -0.3 is 10.2 Å². The van der Waals surface area contributed by atoms with Crippen molar-refractivity contribution in [3.8, 4) is 0 Å². The lowest BCUT2D eigenvalue weighted by molar-refractivity contribution is -0.118. The fraction of sp³-hybridized carbons (Fsp3) is 0.421. The number of rotatable bonds is 5. The van der Waals surface area contributed by atoms with Crippen LogP contribution < -0.4 is 5.32 Å². The Morgan fingerprint density at radius 1 is 1.29 bits per heavy atom. The number of hydrogen-bond donors (Lipinski definition) is 1. The first-order valence-electron chi connectivity index (χ1n) is 9.30. The number of nitrogens with zero attached hydrogens (tertiary/aromatic N) is 5. The highest BCUT2D eigenvalue weighted by atomic mass is 32.1. The summed E-state index contributed by atoms with van der Waals surface area (Å²) >= 11 is 1.53. The zero-order chi connectivity index (χ0) is 19.7. The highest BCUT2D eigenvalue weighted by molar-refractivity contribution is 7.13. The van der Waals surface area contributed by atoms with E-state index in [9.17, 15) is 9.59 Å². The lowest BCUT2D eigenvalue weighted by atomic mass is 10.0. The maximum Gasteiger partial charge on any atom is 0.263 e. The zero-order valence-corrected chi connectivity index (χ0v) is 16.7. The summed E-state index contributed by atoms with van der Waals surface area (Å²) in [5.74, 6) is 0.142. The molecular formula is C19H22N6O2S. The summed E-state index contributed by atoms with van der Waals surface area (Å²) < 4.78 is 1.79. The Bertz CT molecular complexity index is 1030. The van der Waals surface area contributed by atoms with Gasteiger partial charge in [-0.3, -0.25) is 9.59 Å². The number of carbonyl (C=O) groups excluding carboxylic acids is 2. The molecule has 1 unspecified atom stereocenters. The maximum absolute atomic E-state index is 12.8. The van der Waals surface area contributed by atoms with E-state index in [1.807, 2.05) is 24.0 Å². The molecule has 1 atom stereocenters. The van der Waals surface area contributed by atoms with Gasteiger partial charge in [-0.1, -0.05) is 0 Å². The molecule has 4 heterocycles. The number of aryl methyl sites for hydroxylation is 1. The molecule has 0 saturated carbocycles. The Labute approximate surface area is 166 Å². The van der Waals surface area contributed by atoms with E-state index in [1.165, 1.54) is 18.3 Å². The summed E-state index contributed by atoms with van der Waals surface area (Å²) in [5.41, 5.74) is 2.36. The third kappa shape index (κ3) is 3.62. The Morgan fingerprint density at radius 2 is 2.11 bits per heavy atom. The second-order valence-corrected chi connectivity index (χ2v) is 8.25. The van der Waals surface area contributed by atoms with Crippen LogP contribution in [0.1, 0.15) is 39.5 Å². The minimum Gasteiger partial charge on any atom is -0.354 e. The molecule has 0 aromatic carbocycles. The lowest BCUT2D eigenvalue weighted by Crippen LogP contribution is -2.27. The quantitative estimate of drug-likeness (QED) is 0.709. The van der Waals surface area contributed by atoms with E-state index in [0.717, 1.165) is 27.4 Å². The van der Waals surface area contributed by atoms with Crippen LogP contribution in [-0.2, 0) is 11.3 Å². The SMILES string of the molecule is CC(=O)NCCn1nc(C2CCN(C(=O)c3ccc(C)s3)C2)c2nccnc21. The predicted octanol–water partition coefficient (Wildman–Crippen LogP) is 1.96. The molecule has 28 heavy (non-hydrogen) atoms. The van der Waals surface area contributed by atoms with E-state index in [1.54, 1.807) is 17.1 Å². The van der Waals surface area contributed by atoms with Gasteiger partial charge in [-0.2, -0.15) is 5.10 Å². The number of likely N-dealkylation sites (tertiary alicyclic amines) is 1. The molecule has 0 aliphatic carbocycles. The van der Waals surface area contributed by atoms with E-state index in [4.69, 9.17) is 5.10 Å². The van der Waals surface area contributed by atoms with Crippen molar-refractivity contribution in [2.75, 3.05) is 19.6 Å². The van der Waals surface area contributed by atoms with Gasteiger partial charge in [0, 0.05) is 49.7 Å². The molecule has 8 nitrogen and oxygen atoms in total. The second kappa shape index (κ2) is 7.67. The van der Waals surface area contributed by atoms with Crippen LogP contribution in [0, 0.1) is 6.92 Å². The average Bonchev–Trinajstić information content (AvgIpc) is 3.39. The topological polar surface area (TPSA) is 93.0 Å². The van der Waals surface area contributed by atoms with Crippen molar-refractivity contribution >= 4 is 34.3 Å². The van der Waals surface area contributed by atoms with Gasteiger partial charge in [0.05, 0.1) is 17.1 Å². The monoisotopic (exact) mass is 398 g/mol. The molecule has 0 radical (unpaired) electrons. The summed E-state index contributed by atoms with van der Waals surface area (Å²) in [6.07, 6.45) is 4.16. The largest absolute Gasteiger partial charge is 0.354 e. The summed E-state index contributed by atoms with van der Waals surface area (Å²) in [5, 5.41) is 7.52. The molecule has 2 amide bonds. The molecule has 1 aliphatic rings. The number of thiophene rings is 1. The maximum atomic E-state index is 12.8. The van der Waals surface area contributed by atoms with Gasteiger partial charge in [0.2, 0.25) is 5.91 Å². The summed E-state index contributed by atoms with van der Waals surface area (Å²) in [6.45, 7) is 5.84. The first-order valence-corrected chi connectivity index (χ1v) is 10.1. The van der Waals surface area contributed by atoms with E-state index in [-0.39, 0.29) is 17.7 Å². The number of aromatic nitrogens is 4. The molecule has 0 spiro atoms. The highest BCUT2D eigenvalue weighted by Crippen LogP contribution is 2.31. The van der Waals surface area contributed by atoms with Gasteiger partial charge in [-0.25, -0.2) is 14.6 Å². The number of nitrogens with one attached hydrogen (secondary N) is 1. The number of hydrogen-bond acceptors (Lipinski definition) is 6. The second-order valence-electron chi connectivity index (χ2n) is 6.97. The predicted molar refractivity (Wildman–Crippen MR) is 106 cm³/mol. The van der Waals surface area contributed by atoms with Gasteiger partial charge in [-0.15, -0.1) is 11.3 Å². The molecule has 146 valence electrons. The fourth-order valence-corrected chi connectivity index (χ4v) is 4.40.